The van der Waals surface area contributed by atoms with E-state index in [9.17, 15) is 9.59 Å². The summed E-state index contributed by atoms with van der Waals surface area (Å²) < 4.78 is 21.5. The molecule has 9 nitrogen and oxygen atoms in total. The molecule has 3 aromatic carbocycles. The number of fused-ring (bicyclic) bond motifs is 1. The first-order valence-electron chi connectivity index (χ1n) is 13.1. The van der Waals surface area contributed by atoms with Gasteiger partial charge in [0, 0.05) is 40.5 Å². The van der Waals surface area contributed by atoms with Crippen LogP contribution in [0.3, 0.4) is 0 Å². The number of hydrogen-bond donors (Lipinski definition) is 2. The minimum atomic E-state index is -0.316. The van der Waals surface area contributed by atoms with Gasteiger partial charge >= 0.3 is 0 Å². The fourth-order valence-corrected chi connectivity index (χ4v) is 5.29. The van der Waals surface area contributed by atoms with Crippen molar-refractivity contribution >= 4 is 29.1 Å². The molecule has 0 spiro atoms. The highest BCUT2D eigenvalue weighted by atomic mass is 35.5. The molecule has 40 heavy (non-hydrogen) atoms. The molecule has 2 aliphatic rings. The largest absolute Gasteiger partial charge is 0.493 e. The van der Waals surface area contributed by atoms with Gasteiger partial charge in [-0.15, -0.1) is 0 Å². The number of nitrogens with one attached hydrogen (secondary N) is 1. The van der Waals surface area contributed by atoms with Crippen molar-refractivity contribution < 1.29 is 28.5 Å². The van der Waals surface area contributed by atoms with Crippen molar-refractivity contribution in [3.8, 4) is 23.0 Å². The van der Waals surface area contributed by atoms with Crippen LogP contribution in [0.5, 0.6) is 23.0 Å². The summed E-state index contributed by atoms with van der Waals surface area (Å²) in [5.41, 5.74) is 8.35. The van der Waals surface area contributed by atoms with E-state index in [0.29, 0.717) is 44.8 Å². The van der Waals surface area contributed by atoms with Crippen molar-refractivity contribution in [3.05, 3.63) is 76.3 Å². The molecule has 0 atom stereocenters. The van der Waals surface area contributed by atoms with Crippen LogP contribution in [0.4, 0.5) is 5.69 Å². The quantitative estimate of drug-likeness (QED) is 0.383. The first-order valence-corrected chi connectivity index (χ1v) is 13.5. The Balaban J connectivity index is 1.39. The summed E-state index contributed by atoms with van der Waals surface area (Å²) >= 11 is 6.62. The second kappa shape index (κ2) is 12.1. The number of amides is 2. The Morgan fingerprint density at radius 1 is 0.925 bits per heavy atom. The van der Waals surface area contributed by atoms with Crippen molar-refractivity contribution in [2.45, 2.75) is 44.3 Å². The summed E-state index contributed by atoms with van der Waals surface area (Å²) in [6.07, 6.45) is 3.27. The van der Waals surface area contributed by atoms with E-state index < -0.39 is 0 Å². The lowest BCUT2D eigenvalue weighted by Gasteiger charge is -2.36. The molecule has 1 aliphatic heterocycles. The van der Waals surface area contributed by atoms with Crippen LogP contribution >= 0.6 is 11.6 Å². The zero-order valence-electron chi connectivity index (χ0n) is 22.4. The number of ether oxygens (including phenoxy) is 4. The van der Waals surface area contributed by atoms with Crippen LogP contribution in [-0.4, -0.2) is 49.8 Å². The maximum absolute atomic E-state index is 13.9. The highest BCUT2D eigenvalue weighted by molar-refractivity contribution is 6.31. The number of halogens is 1. The van der Waals surface area contributed by atoms with Crippen molar-refractivity contribution in [1.29, 1.82) is 0 Å². The lowest BCUT2D eigenvalue weighted by Crippen LogP contribution is -2.43. The second-order valence-corrected chi connectivity index (χ2v) is 10.3. The molecule has 0 unspecified atom stereocenters. The molecule has 10 heteroatoms. The van der Waals surface area contributed by atoms with Gasteiger partial charge in [-0.3, -0.25) is 9.59 Å². The van der Waals surface area contributed by atoms with Crippen LogP contribution < -0.4 is 30.0 Å². The van der Waals surface area contributed by atoms with E-state index in [1.165, 1.54) is 14.2 Å². The molecule has 3 aromatic rings. The molecular formula is C30H32ClN3O6. The van der Waals surface area contributed by atoms with Gasteiger partial charge in [-0.1, -0.05) is 11.6 Å². The third-order valence-electron chi connectivity index (χ3n) is 7.35. The Kier molecular flexibility index (Phi) is 8.32. The predicted octanol–water partition coefficient (Wildman–Crippen LogP) is 5.25. The number of nitrogens with two attached hydrogens (primary N) is 1. The van der Waals surface area contributed by atoms with Crippen LogP contribution in [0.15, 0.2) is 54.6 Å². The van der Waals surface area contributed by atoms with E-state index in [1.807, 2.05) is 4.90 Å². The standard InChI is InChI=1S/C30H32ClN3O6/c1-37-25-11-3-18(14-27(25)38-2)29(35)33-22-7-10-24(31)20(13-22)16-34(23-8-5-21(32)6-9-23)30(36)19-4-12-26-28(15-19)40-17-39-26/h3-4,7,10-15,21,23H,5-6,8-9,16-17,32H2,1-2H3,(H,33,35). The second-order valence-electron chi connectivity index (χ2n) is 9.90. The lowest BCUT2D eigenvalue weighted by atomic mass is 9.90. The smallest absolute Gasteiger partial charge is 0.255 e. The van der Waals surface area contributed by atoms with E-state index in [1.54, 1.807) is 54.6 Å². The third-order valence-corrected chi connectivity index (χ3v) is 7.72. The molecule has 0 aromatic heterocycles. The van der Waals surface area contributed by atoms with Crippen molar-refractivity contribution in [2.24, 2.45) is 5.73 Å². The molecule has 0 bridgehead atoms. The molecule has 1 heterocycles. The van der Waals surface area contributed by atoms with E-state index in [-0.39, 0.29) is 37.2 Å². The van der Waals surface area contributed by atoms with Gasteiger partial charge in [0.2, 0.25) is 6.79 Å². The maximum Gasteiger partial charge on any atom is 0.255 e. The van der Waals surface area contributed by atoms with Crippen molar-refractivity contribution in [2.75, 3.05) is 26.3 Å². The van der Waals surface area contributed by atoms with Gasteiger partial charge in [-0.05, 0) is 85.8 Å². The van der Waals surface area contributed by atoms with Gasteiger partial charge in [0.15, 0.2) is 23.0 Å². The summed E-state index contributed by atoms with van der Waals surface area (Å²) in [7, 11) is 3.05. The average molecular weight is 566 g/mol. The minimum Gasteiger partial charge on any atom is -0.493 e. The number of anilines is 1. The number of methoxy groups -OCH3 is 2. The summed E-state index contributed by atoms with van der Waals surface area (Å²) in [5, 5.41) is 3.42. The van der Waals surface area contributed by atoms with Crippen molar-refractivity contribution in [1.82, 2.24) is 4.90 Å². The molecule has 5 rings (SSSR count). The number of hydrogen-bond acceptors (Lipinski definition) is 7. The molecule has 2 amide bonds. The van der Waals surface area contributed by atoms with Gasteiger partial charge in [0.25, 0.3) is 11.8 Å². The molecule has 3 N–H and O–H groups in total. The van der Waals surface area contributed by atoms with E-state index >= 15 is 0 Å². The van der Waals surface area contributed by atoms with E-state index in [2.05, 4.69) is 5.32 Å². The summed E-state index contributed by atoms with van der Waals surface area (Å²) in [4.78, 5) is 28.7. The molecule has 1 aliphatic carbocycles. The Bertz CT molecular complexity index is 1410. The predicted molar refractivity (Wildman–Crippen MR) is 152 cm³/mol. The van der Waals surface area contributed by atoms with Crippen LogP contribution in [0, 0.1) is 0 Å². The topological polar surface area (TPSA) is 112 Å². The van der Waals surface area contributed by atoms with Crippen LogP contribution in [0.2, 0.25) is 5.02 Å². The number of carbonyl (C=O) groups is 2. The Morgan fingerprint density at radius 3 is 2.40 bits per heavy atom. The van der Waals surface area contributed by atoms with Crippen molar-refractivity contribution in [3.63, 3.8) is 0 Å². The van der Waals surface area contributed by atoms with Crippen LogP contribution in [-0.2, 0) is 6.54 Å². The molecule has 210 valence electrons. The fraction of sp³-hybridized carbons (Fsp3) is 0.333. The molecule has 0 radical (unpaired) electrons. The average Bonchev–Trinajstić information content (AvgIpc) is 3.45. The highest BCUT2D eigenvalue weighted by Crippen LogP contribution is 2.35. The molecular weight excluding hydrogens is 534 g/mol. The normalized spacial score (nSPS) is 17.7. The maximum atomic E-state index is 13.9. The van der Waals surface area contributed by atoms with Gasteiger partial charge in [-0.25, -0.2) is 0 Å². The third kappa shape index (κ3) is 5.95. The van der Waals surface area contributed by atoms with Gasteiger partial charge in [-0.2, -0.15) is 0 Å². The number of rotatable bonds is 8. The summed E-state index contributed by atoms with van der Waals surface area (Å²) in [6, 6.07) is 15.6. The van der Waals surface area contributed by atoms with Gasteiger partial charge in [0.05, 0.1) is 14.2 Å². The minimum absolute atomic E-state index is 0.00111. The zero-order chi connectivity index (χ0) is 28.2. The van der Waals surface area contributed by atoms with Crippen LogP contribution in [0.25, 0.3) is 0 Å². The van der Waals surface area contributed by atoms with Gasteiger partial charge < -0.3 is 34.9 Å². The fourth-order valence-electron chi connectivity index (χ4n) is 5.11. The van der Waals surface area contributed by atoms with E-state index in [0.717, 1.165) is 31.2 Å². The highest BCUT2D eigenvalue weighted by Gasteiger charge is 2.30. The first-order chi connectivity index (χ1) is 19.4. The van der Waals surface area contributed by atoms with Gasteiger partial charge in [0.1, 0.15) is 0 Å². The Hall–Kier alpha value is -3.95. The summed E-state index contributed by atoms with van der Waals surface area (Å²) in [6.45, 7) is 0.403. The Morgan fingerprint density at radius 2 is 1.65 bits per heavy atom. The number of nitrogens with zero attached hydrogens (tertiary/aromatic N) is 1. The summed E-state index contributed by atoms with van der Waals surface area (Å²) in [5.74, 6) is 1.71. The van der Waals surface area contributed by atoms with E-state index in [4.69, 9.17) is 36.3 Å². The zero-order valence-corrected chi connectivity index (χ0v) is 23.2. The molecule has 1 fully saturated rings. The number of carbonyl (C=O) groups excluding carboxylic acids is 2. The Labute approximate surface area is 238 Å². The number of benzene rings is 3. The SMILES string of the molecule is COc1ccc(C(=O)Nc2ccc(Cl)c(CN(C(=O)c3ccc4c(c3)OCO4)C3CCC(N)CC3)c2)cc1OC. The first kappa shape index (κ1) is 27.6. The molecule has 0 saturated heterocycles. The van der Waals surface area contributed by atoms with Crippen LogP contribution in [0.1, 0.15) is 52.0 Å². The molecule has 1 saturated carbocycles. The lowest BCUT2D eigenvalue weighted by molar-refractivity contribution is 0.0606. The monoisotopic (exact) mass is 565 g/mol.